The maximum absolute atomic E-state index is 11.2. The van der Waals surface area contributed by atoms with Crippen molar-refractivity contribution in [1.82, 2.24) is 24.4 Å². The summed E-state index contributed by atoms with van der Waals surface area (Å²) in [6, 6.07) is 36.6. The molecule has 6 aromatic rings. The Labute approximate surface area is 315 Å². The largest absolute Gasteiger partial charge is 0.496 e. The van der Waals surface area contributed by atoms with Gasteiger partial charge < -0.3 is 34.5 Å². The Balaban J connectivity index is 1.29. The number of rotatable bonds is 16. The van der Waals surface area contributed by atoms with Crippen molar-refractivity contribution in [3.8, 4) is 11.5 Å². The van der Waals surface area contributed by atoms with Gasteiger partial charge in [0.1, 0.15) is 35.6 Å². The lowest BCUT2D eigenvalue weighted by molar-refractivity contribution is -0.0580. The quantitative estimate of drug-likeness (QED) is 0.116. The summed E-state index contributed by atoms with van der Waals surface area (Å²) in [6.07, 6.45) is -2.47. The van der Waals surface area contributed by atoms with Crippen LogP contribution in [-0.4, -0.2) is 87.4 Å². The Morgan fingerprint density at radius 2 is 1.31 bits per heavy atom. The van der Waals surface area contributed by atoms with E-state index < -0.39 is 24.5 Å². The van der Waals surface area contributed by atoms with E-state index in [0.29, 0.717) is 49.0 Å². The van der Waals surface area contributed by atoms with Crippen molar-refractivity contribution in [1.29, 1.82) is 0 Å². The van der Waals surface area contributed by atoms with E-state index in [1.807, 2.05) is 84.9 Å². The fourth-order valence-corrected chi connectivity index (χ4v) is 7.12. The Morgan fingerprint density at radius 3 is 1.89 bits per heavy atom. The maximum atomic E-state index is 11.2. The summed E-state index contributed by atoms with van der Waals surface area (Å²) < 4.78 is 24.5. The van der Waals surface area contributed by atoms with E-state index in [1.165, 1.54) is 7.11 Å². The van der Waals surface area contributed by atoms with Gasteiger partial charge in [0.05, 0.1) is 33.7 Å². The first-order valence-electron chi connectivity index (χ1n) is 18.0. The SMILES string of the molecule is COCC1OC(n2cnc3c(NCC(c4ccccc4)c4ccccc4)nc(CN(Cc4ccccc4OC)Cc4ccccc4OC)nc32)C(O)C1O. The molecule has 1 saturated heterocycles. The second-order valence-corrected chi connectivity index (χ2v) is 13.3. The topological polar surface area (TPSA) is 136 Å². The maximum Gasteiger partial charge on any atom is 0.168 e. The second-order valence-electron chi connectivity index (χ2n) is 13.3. The van der Waals surface area contributed by atoms with Crippen molar-refractivity contribution in [2.75, 3.05) is 39.8 Å². The highest BCUT2D eigenvalue weighted by atomic mass is 16.6. The highest BCUT2D eigenvalue weighted by Gasteiger charge is 2.44. The van der Waals surface area contributed by atoms with Gasteiger partial charge in [0, 0.05) is 43.8 Å². The first kappa shape index (κ1) is 37.0. The van der Waals surface area contributed by atoms with Crippen LogP contribution < -0.4 is 14.8 Å². The van der Waals surface area contributed by atoms with Crippen LogP contribution in [0, 0.1) is 0 Å². The standard InChI is InChI=1S/C42H46N6O6/c1-51-26-35-38(49)39(50)42(54-35)48-27-44-37-40(43-22-32(28-14-6-4-7-15-28)29-16-8-5-9-17-29)45-36(46-41(37)48)25-47(23-30-18-10-12-20-33(30)52-2)24-31-19-11-13-21-34(31)53-3/h4-21,27,32,35,38-39,42,49-50H,22-26H2,1-3H3,(H,43,45,46). The molecule has 3 heterocycles. The number of ether oxygens (including phenoxy) is 4. The van der Waals surface area contributed by atoms with Gasteiger partial charge in [-0.3, -0.25) is 9.47 Å². The third-order valence-corrected chi connectivity index (χ3v) is 9.83. The number of hydrogen-bond donors (Lipinski definition) is 3. The van der Waals surface area contributed by atoms with E-state index in [4.69, 9.17) is 33.9 Å². The number of aliphatic hydroxyl groups is 2. The van der Waals surface area contributed by atoms with E-state index in [2.05, 4.69) is 34.5 Å². The van der Waals surface area contributed by atoms with Crippen molar-refractivity contribution in [2.45, 2.75) is 50.1 Å². The molecule has 54 heavy (non-hydrogen) atoms. The smallest absolute Gasteiger partial charge is 0.168 e. The van der Waals surface area contributed by atoms with E-state index in [-0.39, 0.29) is 12.5 Å². The zero-order valence-corrected chi connectivity index (χ0v) is 30.7. The summed E-state index contributed by atoms with van der Waals surface area (Å²) in [5.74, 6) is 2.64. The number of imidazole rings is 1. The summed E-state index contributed by atoms with van der Waals surface area (Å²) in [5, 5.41) is 25.6. The van der Waals surface area contributed by atoms with Gasteiger partial charge in [-0.2, -0.15) is 0 Å². The molecule has 0 amide bonds. The molecule has 4 unspecified atom stereocenters. The molecular formula is C42H46N6O6. The minimum atomic E-state index is -1.23. The Bertz CT molecular complexity index is 2030. The lowest BCUT2D eigenvalue weighted by Gasteiger charge is -2.24. The molecule has 1 aliphatic heterocycles. The molecule has 0 spiro atoms. The zero-order chi connectivity index (χ0) is 37.4. The number of nitrogens with one attached hydrogen (secondary N) is 1. The number of methoxy groups -OCH3 is 3. The summed E-state index contributed by atoms with van der Waals surface area (Å²) in [4.78, 5) is 17.2. The number of nitrogens with zero attached hydrogens (tertiary/aromatic N) is 5. The Kier molecular flexibility index (Phi) is 11.8. The van der Waals surface area contributed by atoms with E-state index >= 15 is 0 Å². The lowest BCUT2D eigenvalue weighted by atomic mass is 9.91. The average Bonchev–Trinajstić information content (AvgIpc) is 3.75. The average molecular weight is 731 g/mol. The fourth-order valence-electron chi connectivity index (χ4n) is 7.12. The van der Waals surface area contributed by atoms with Crippen LogP contribution in [0.1, 0.15) is 40.2 Å². The number of fused-ring (bicyclic) bond motifs is 1. The molecule has 1 fully saturated rings. The molecule has 0 radical (unpaired) electrons. The zero-order valence-electron chi connectivity index (χ0n) is 30.7. The summed E-state index contributed by atoms with van der Waals surface area (Å²) in [7, 11) is 4.87. The number of benzene rings is 4. The summed E-state index contributed by atoms with van der Waals surface area (Å²) >= 11 is 0. The van der Waals surface area contributed by atoms with Crippen LogP contribution in [0.15, 0.2) is 116 Å². The predicted octanol–water partition coefficient (Wildman–Crippen LogP) is 5.56. The number of anilines is 1. The minimum Gasteiger partial charge on any atom is -0.496 e. The number of aliphatic hydroxyl groups excluding tert-OH is 2. The monoisotopic (exact) mass is 730 g/mol. The third kappa shape index (κ3) is 8.08. The summed E-state index contributed by atoms with van der Waals surface area (Å²) in [5.41, 5.74) is 5.31. The first-order valence-corrected chi connectivity index (χ1v) is 18.0. The Morgan fingerprint density at radius 1 is 0.741 bits per heavy atom. The van der Waals surface area contributed by atoms with E-state index in [9.17, 15) is 10.2 Å². The number of aromatic nitrogens is 4. The normalized spacial score (nSPS) is 18.4. The van der Waals surface area contributed by atoms with Crippen molar-refractivity contribution < 1.29 is 29.2 Å². The van der Waals surface area contributed by atoms with Gasteiger partial charge in [-0.05, 0) is 23.3 Å². The predicted molar refractivity (Wildman–Crippen MR) is 205 cm³/mol. The van der Waals surface area contributed by atoms with Crippen LogP contribution >= 0.6 is 0 Å². The molecule has 4 aromatic carbocycles. The van der Waals surface area contributed by atoms with Crippen molar-refractivity contribution in [3.05, 3.63) is 144 Å². The molecule has 7 rings (SSSR count). The molecule has 280 valence electrons. The van der Waals surface area contributed by atoms with Crippen molar-refractivity contribution in [2.24, 2.45) is 0 Å². The van der Waals surface area contributed by atoms with Crippen LogP contribution in [0.3, 0.4) is 0 Å². The molecule has 2 aromatic heterocycles. The number of hydrogen-bond acceptors (Lipinski definition) is 11. The van der Waals surface area contributed by atoms with Gasteiger partial charge >= 0.3 is 0 Å². The highest BCUT2D eigenvalue weighted by molar-refractivity contribution is 5.83. The fraction of sp³-hybridized carbons (Fsp3) is 0.310. The van der Waals surface area contributed by atoms with Gasteiger partial charge in [-0.25, -0.2) is 15.0 Å². The van der Waals surface area contributed by atoms with Gasteiger partial charge in [0.25, 0.3) is 0 Å². The van der Waals surface area contributed by atoms with Crippen LogP contribution in [0.2, 0.25) is 0 Å². The van der Waals surface area contributed by atoms with Crippen molar-refractivity contribution >= 4 is 17.0 Å². The molecular weight excluding hydrogens is 684 g/mol. The molecule has 4 atom stereocenters. The molecule has 12 nitrogen and oxygen atoms in total. The molecule has 0 saturated carbocycles. The minimum absolute atomic E-state index is 0.0143. The van der Waals surface area contributed by atoms with Crippen LogP contribution in [-0.2, 0) is 29.1 Å². The van der Waals surface area contributed by atoms with Gasteiger partial charge in [-0.15, -0.1) is 0 Å². The van der Waals surface area contributed by atoms with Crippen LogP contribution in [0.25, 0.3) is 11.2 Å². The molecule has 1 aliphatic rings. The third-order valence-electron chi connectivity index (χ3n) is 9.83. The molecule has 0 bridgehead atoms. The van der Waals surface area contributed by atoms with Gasteiger partial charge in [0.15, 0.2) is 23.2 Å². The lowest BCUT2D eigenvalue weighted by Crippen LogP contribution is -2.33. The van der Waals surface area contributed by atoms with Crippen LogP contribution in [0.5, 0.6) is 11.5 Å². The van der Waals surface area contributed by atoms with E-state index in [0.717, 1.165) is 33.8 Å². The second kappa shape index (κ2) is 17.2. The first-order chi connectivity index (χ1) is 26.5. The highest BCUT2D eigenvalue weighted by Crippen LogP contribution is 2.34. The molecule has 3 N–H and O–H groups in total. The molecule has 12 heteroatoms. The van der Waals surface area contributed by atoms with E-state index in [1.54, 1.807) is 25.1 Å². The van der Waals surface area contributed by atoms with Gasteiger partial charge in [0.2, 0.25) is 0 Å². The van der Waals surface area contributed by atoms with Crippen LogP contribution in [0.4, 0.5) is 5.82 Å². The van der Waals surface area contributed by atoms with Crippen molar-refractivity contribution in [3.63, 3.8) is 0 Å². The summed E-state index contributed by atoms with van der Waals surface area (Å²) in [6.45, 7) is 2.05. The van der Waals surface area contributed by atoms with Gasteiger partial charge in [-0.1, -0.05) is 97.1 Å². The number of para-hydroxylation sites is 2. The molecule has 0 aliphatic carbocycles. The Hall–Kier alpha value is -5.37.